The lowest BCUT2D eigenvalue weighted by atomic mass is 9.89. The summed E-state index contributed by atoms with van der Waals surface area (Å²) in [7, 11) is 0. The number of amides is 1. The molecule has 0 bridgehead atoms. The van der Waals surface area contributed by atoms with Crippen LogP contribution in [0.4, 0.5) is 0 Å². The van der Waals surface area contributed by atoms with Gasteiger partial charge in [-0.15, -0.1) is 0 Å². The number of rotatable bonds is 4. The van der Waals surface area contributed by atoms with Crippen LogP contribution >= 0.6 is 0 Å². The van der Waals surface area contributed by atoms with Gasteiger partial charge in [-0.05, 0) is 74.6 Å². The zero-order chi connectivity index (χ0) is 26.7. The van der Waals surface area contributed by atoms with Crippen molar-refractivity contribution >= 4 is 17.6 Å². The number of hydrogen-bond donors (Lipinski definition) is 0. The maximum atomic E-state index is 12.9. The van der Waals surface area contributed by atoms with E-state index in [2.05, 4.69) is 41.6 Å². The normalized spacial score (nSPS) is 20.2. The van der Waals surface area contributed by atoms with Crippen LogP contribution in [-0.4, -0.2) is 48.8 Å². The van der Waals surface area contributed by atoms with Crippen LogP contribution < -0.4 is 0 Å². The van der Waals surface area contributed by atoms with E-state index in [9.17, 15) is 9.59 Å². The fraction of sp³-hybridized carbons (Fsp3) is 0.406. The number of ether oxygens (including phenoxy) is 1. The van der Waals surface area contributed by atoms with Gasteiger partial charge in [0.15, 0.2) is 6.61 Å². The molecule has 0 aliphatic carbocycles. The molecule has 0 saturated carbocycles. The minimum Gasteiger partial charge on any atom is -0.462 e. The molecule has 0 unspecified atom stereocenters. The van der Waals surface area contributed by atoms with Crippen LogP contribution in [0.2, 0.25) is 0 Å². The summed E-state index contributed by atoms with van der Waals surface area (Å²) in [5.74, 6) is 0.123. The summed E-state index contributed by atoms with van der Waals surface area (Å²) in [5, 5.41) is 4.35. The van der Waals surface area contributed by atoms with E-state index in [1.165, 1.54) is 5.56 Å². The summed E-state index contributed by atoms with van der Waals surface area (Å²) in [5.41, 5.74) is 5.38. The van der Waals surface area contributed by atoms with Crippen LogP contribution in [0.25, 0.3) is 0 Å². The minimum atomic E-state index is -0.318. The van der Waals surface area contributed by atoms with Crippen molar-refractivity contribution in [3.63, 3.8) is 0 Å². The Morgan fingerprint density at radius 1 is 1.03 bits per heavy atom. The molecule has 6 heteroatoms. The standard InChI is InChI=1S/C32H38N2O4/c1-24-20-25(2)31-28(21-24)22-29(14-10-5-3-4-6-11-19-37-32(31)36)33-38-23-30(35)34-17-15-27(16-18-34)26-12-8-7-9-13-26/h4,6-10,12-14,20-21,27H,3,5,11,15-19,22-23H2,1-2H3/b6-4+,14-10+,33-29+. The molecule has 1 amide bonds. The van der Waals surface area contributed by atoms with E-state index in [1.807, 2.05) is 49.1 Å². The number of esters is 1. The number of cyclic esters (lactones) is 1. The first-order chi connectivity index (χ1) is 18.5. The summed E-state index contributed by atoms with van der Waals surface area (Å²) in [6.07, 6.45) is 12.9. The SMILES string of the molecule is Cc1cc(C)c2c(c1)CC(=N/OCC(=O)N1CCC(c3ccccc3)CC1)/C=C/CC/C=C/CCOC2=O. The van der Waals surface area contributed by atoms with Gasteiger partial charge in [0.25, 0.3) is 5.91 Å². The van der Waals surface area contributed by atoms with Crippen LogP contribution in [0.5, 0.6) is 0 Å². The van der Waals surface area contributed by atoms with Crippen molar-refractivity contribution in [1.82, 2.24) is 4.90 Å². The van der Waals surface area contributed by atoms with E-state index in [-0.39, 0.29) is 18.5 Å². The van der Waals surface area contributed by atoms with E-state index in [1.54, 1.807) is 0 Å². The number of hydrogen-bond acceptors (Lipinski definition) is 5. The number of oxime groups is 1. The molecule has 2 aliphatic heterocycles. The van der Waals surface area contributed by atoms with Crippen LogP contribution in [0.1, 0.15) is 70.6 Å². The van der Waals surface area contributed by atoms with E-state index in [0.29, 0.717) is 36.6 Å². The highest BCUT2D eigenvalue weighted by molar-refractivity contribution is 6.00. The third kappa shape index (κ3) is 7.67. The fourth-order valence-corrected chi connectivity index (χ4v) is 5.19. The van der Waals surface area contributed by atoms with Gasteiger partial charge in [-0.2, -0.15) is 0 Å². The third-order valence-corrected chi connectivity index (χ3v) is 7.12. The highest BCUT2D eigenvalue weighted by Crippen LogP contribution is 2.27. The maximum absolute atomic E-state index is 12.9. The van der Waals surface area contributed by atoms with Gasteiger partial charge in [0, 0.05) is 19.5 Å². The molecule has 2 aromatic carbocycles. The van der Waals surface area contributed by atoms with Crippen LogP contribution in [0.15, 0.2) is 71.9 Å². The van der Waals surface area contributed by atoms with E-state index in [0.717, 1.165) is 55.5 Å². The molecule has 0 N–H and O–H groups in total. The number of benzene rings is 2. The Labute approximate surface area is 226 Å². The van der Waals surface area contributed by atoms with E-state index < -0.39 is 0 Å². The Bertz CT molecular complexity index is 1190. The number of carbonyl (C=O) groups excluding carboxylic acids is 2. The summed E-state index contributed by atoms with van der Waals surface area (Å²) in [6, 6.07) is 14.5. The van der Waals surface area contributed by atoms with Crippen molar-refractivity contribution < 1.29 is 19.2 Å². The van der Waals surface area contributed by atoms with Crippen molar-refractivity contribution in [3.05, 3.63) is 94.6 Å². The maximum Gasteiger partial charge on any atom is 0.338 e. The molecule has 0 radical (unpaired) electrons. The van der Waals surface area contributed by atoms with Crippen molar-refractivity contribution in [2.24, 2.45) is 5.16 Å². The Hall–Kier alpha value is -3.67. The molecular weight excluding hydrogens is 476 g/mol. The lowest BCUT2D eigenvalue weighted by molar-refractivity contribution is -0.137. The molecule has 0 atom stereocenters. The number of likely N-dealkylation sites (tertiary alicyclic amines) is 1. The predicted octanol–water partition coefficient (Wildman–Crippen LogP) is 6.08. The molecule has 2 aliphatic rings. The second-order valence-electron chi connectivity index (χ2n) is 10.1. The number of piperidine rings is 1. The first-order valence-corrected chi connectivity index (χ1v) is 13.6. The summed E-state index contributed by atoms with van der Waals surface area (Å²) < 4.78 is 5.56. The fourth-order valence-electron chi connectivity index (χ4n) is 5.19. The monoisotopic (exact) mass is 514 g/mol. The molecular formula is C32H38N2O4. The molecule has 1 fully saturated rings. The molecule has 6 nitrogen and oxygen atoms in total. The van der Waals surface area contributed by atoms with Gasteiger partial charge in [0.2, 0.25) is 0 Å². The zero-order valence-corrected chi connectivity index (χ0v) is 22.5. The first-order valence-electron chi connectivity index (χ1n) is 13.6. The molecule has 0 spiro atoms. The second-order valence-corrected chi connectivity index (χ2v) is 10.1. The Morgan fingerprint density at radius 3 is 2.55 bits per heavy atom. The quantitative estimate of drug-likeness (QED) is 0.282. The van der Waals surface area contributed by atoms with E-state index in [4.69, 9.17) is 9.57 Å². The van der Waals surface area contributed by atoms with Crippen molar-refractivity contribution in [1.29, 1.82) is 0 Å². The summed E-state index contributed by atoms with van der Waals surface area (Å²) in [6.45, 7) is 5.64. The van der Waals surface area contributed by atoms with Gasteiger partial charge in [0.1, 0.15) is 0 Å². The van der Waals surface area contributed by atoms with Crippen molar-refractivity contribution in [2.75, 3.05) is 26.3 Å². The average Bonchev–Trinajstić information content (AvgIpc) is 2.91. The molecule has 2 aromatic rings. The number of allylic oxidation sites excluding steroid dienone is 3. The molecule has 1 saturated heterocycles. The molecule has 2 heterocycles. The van der Waals surface area contributed by atoms with Crippen molar-refractivity contribution in [2.45, 2.75) is 58.3 Å². The Balaban J connectivity index is 1.43. The predicted molar refractivity (Wildman–Crippen MR) is 150 cm³/mol. The lowest BCUT2D eigenvalue weighted by Gasteiger charge is -2.32. The zero-order valence-electron chi connectivity index (χ0n) is 22.5. The molecule has 38 heavy (non-hydrogen) atoms. The number of fused-ring (bicyclic) bond motifs is 1. The Kier molecular flexibility index (Phi) is 9.90. The first kappa shape index (κ1) is 27.4. The minimum absolute atomic E-state index is 0.0495. The highest BCUT2D eigenvalue weighted by atomic mass is 16.6. The topological polar surface area (TPSA) is 68.2 Å². The van der Waals surface area contributed by atoms with Gasteiger partial charge in [0.05, 0.1) is 17.9 Å². The van der Waals surface area contributed by atoms with Gasteiger partial charge in [-0.25, -0.2) is 4.79 Å². The van der Waals surface area contributed by atoms with Gasteiger partial charge < -0.3 is 14.5 Å². The van der Waals surface area contributed by atoms with Gasteiger partial charge in [-0.3, -0.25) is 4.79 Å². The summed E-state index contributed by atoms with van der Waals surface area (Å²) in [4.78, 5) is 33.2. The number of nitrogens with zero attached hydrogens (tertiary/aromatic N) is 2. The summed E-state index contributed by atoms with van der Waals surface area (Å²) >= 11 is 0. The van der Waals surface area contributed by atoms with Crippen LogP contribution in [0, 0.1) is 13.8 Å². The van der Waals surface area contributed by atoms with Crippen molar-refractivity contribution in [3.8, 4) is 0 Å². The third-order valence-electron chi connectivity index (χ3n) is 7.12. The number of aryl methyl sites for hydroxylation is 2. The van der Waals surface area contributed by atoms with Gasteiger partial charge in [-0.1, -0.05) is 71.4 Å². The largest absolute Gasteiger partial charge is 0.462 e. The highest BCUT2D eigenvalue weighted by Gasteiger charge is 2.24. The van der Waals surface area contributed by atoms with Crippen LogP contribution in [-0.2, 0) is 20.8 Å². The van der Waals surface area contributed by atoms with Crippen LogP contribution in [0.3, 0.4) is 0 Å². The Morgan fingerprint density at radius 2 is 1.76 bits per heavy atom. The average molecular weight is 515 g/mol. The molecule has 0 aromatic heterocycles. The molecule has 200 valence electrons. The van der Waals surface area contributed by atoms with E-state index >= 15 is 0 Å². The van der Waals surface area contributed by atoms with Gasteiger partial charge >= 0.3 is 5.97 Å². The smallest absolute Gasteiger partial charge is 0.338 e. The number of carbonyl (C=O) groups is 2. The molecule has 4 rings (SSSR count). The second kappa shape index (κ2) is 13.8. The lowest BCUT2D eigenvalue weighted by Crippen LogP contribution is -2.39.